The van der Waals surface area contributed by atoms with Gasteiger partial charge in [0.25, 0.3) is 0 Å². The molecule has 1 unspecified atom stereocenters. The maximum Gasteiger partial charge on any atom is 0.410 e. The van der Waals surface area contributed by atoms with Crippen LogP contribution in [0.3, 0.4) is 0 Å². The lowest BCUT2D eigenvalue weighted by molar-refractivity contribution is 0.0256. The zero-order valence-electron chi connectivity index (χ0n) is 15.5. The Bertz CT molecular complexity index is 537. The molecule has 24 heavy (non-hydrogen) atoms. The second-order valence-corrected chi connectivity index (χ2v) is 7.54. The van der Waals surface area contributed by atoms with Crippen LogP contribution < -0.4 is 10.2 Å². The van der Waals surface area contributed by atoms with Crippen molar-refractivity contribution in [1.29, 1.82) is 0 Å². The number of ether oxygens (including phenoxy) is 1. The first-order valence-corrected chi connectivity index (χ1v) is 8.62. The molecule has 1 saturated heterocycles. The number of pyridine rings is 1. The van der Waals surface area contributed by atoms with E-state index in [9.17, 15) is 4.79 Å². The monoisotopic (exact) mass is 334 g/mol. The minimum atomic E-state index is -0.444. The molecule has 2 heterocycles. The number of hydrogen-bond donors (Lipinski definition) is 1. The van der Waals surface area contributed by atoms with Gasteiger partial charge in [-0.2, -0.15) is 0 Å². The molecule has 6 heteroatoms. The highest BCUT2D eigenvalue weighted by Gasteiger charge is 2.25. The van der Waals surface area contributed by atoms with E-state index >= 15 is 0 Å². The third-order valence-corrected chi connectivity index (χ3v) is 3.96. The first kappa shape index (κ1) is 18.4. The lowest BCUT2D eigenvalue weighted by atomic mass is 10.1. The molecule has 6 nitrogen and oxygen atoms in total. The predicted octanol–water partition coefficient (Wildman–Crippen LogP) is 3.35. The molecule has 1 aliphatic heterocycles. The summed E-state index contributed by atoms with van der Waals surface area (Å²) in [6.07, 6.45) is 4.58. The van der Waals surface area contributed by atoms with Crippen molar-refractivity contribution in [2.45, 2.75) is 51.7 Å². The Kier molecular flexibility index (Phi) is 5.91. The molecule has 1 atom stereocenters. The van der Waals surface area contributed by atoms with E-state index in [1.807, 2.05) is 56.9 Å². The zero-order valence-corrected chi connectivity index (χ0v) is 15.5. The summed E-state index contributed by atoms with van der Waals surface area (Å²) in [6, 6.07) is 4.41. The zero-order chi connectivity index (χ0) is 17.7. The molecule has 1 aromatic rings. The first-order valence-electron chi connectivity index (χ1n) is 8.62. The molecular weight excluding hydrogens is 304 g/mol. The lowest BCUT2D eigenvalue weighted by Gasteiger charge is -2.26. The summed E-state index contributed by atoms with van der Waals surface area (Å²) < 4.78 is 5.47. The van der Waals surface area contributed by atoms with Crippen molar-refractivity contribution in [3.05, 3.63) is 18.3 Å². The third kappa shape index (κ3) is 5.58. The maximum absolute atomic E-state index is 12.2. The minimum Gasteiger partial charge on any atom is -0.444 e. The number of amides is 1. The Labute approximate surface area is 145 Å². The SMILES string of the molecule is CN(C)c1ccc(NC2CCCN(C(=O)OC(C)(C)C)CC2)cn1. The van der Waals surface area contributed by atoms with E-state index in [0.717, 1.165) is 43.9 Å². The van der Waals surface area contributed by atoms with Crippen molar-refractivity contribution in [2.75, 3.05) is 37.4 Å². The number of rotatable bonds is 3. The van der Waals surface area contributed by atoms with Gasteiger partial charge in [-0.1, -0.05) is 0 Å². The highest BCUT2D eigenvalue weighted by atomic mass is 16.6. The smallest absolute Gasteiger partial charge is 0.410 e. The van der Waals surface area contributed by atoms with Crippen LogP contribution in [-0.4, -0.2) is 54.8 Å². The van der Waals surface area contributed by atoms with Crippen LogP contribution >= 0.6 is 0 Å². The fourth-order valence-corrected chi connectivity index (χ4v) is 2.72. The fraction of sp³-hybridized carbons (Fsp3) is 0.667. The van der Waals surface area contributed by atoms with Crippen molar-refractivity contribution in [3.8, 4) is 0 Å². The van der Waals surface area contributed by atoms with E-state index in [4.69, 9.17) is 4.74 Å². The number of nitrogens with zero attached hydrogens (tertiary/aromatic N) is 3. The van der Waals surface area contributed by atoms with Crippen LogP contribution in [-0.2, 0) is 4.74 Å². The largest absolute Gasteiger partial charge is 0.444 e. The second kappa shape index (κ2) is 7.73. The van der Waals surface area contributed by atoms with Crippen molar-refractivity contribution in [2.24, 2.45) is 0 Å². The maximum atomic E-state index is 12.2. The quantitative estimate of drug-likeness (QED) is 0.918. The van der Waals surface area contributed by atoms with Crippen molar-refractivity contribution in [3.63, 3.8) is 0 Å². The van der Waals surface area contributed by atoms with Crippen molar-refractivity contribution in [1.82, 2.24) is 9.88 Å². The average molecular weight is 334 g/mol. The van der Waals surface area contributed by atoms with E-state index in [0.29, 0.717) is 6.04 Å². The van der Waals surface area contributed by atoms with Crippen LogP contribution in [0.15, 0.2) is 18.3 Å². The van der Waals surface area contributed by atoms with E-state index in [1.165, 1.54) is 0 Å². The standard InChI is InChI=1S/C18H30N4O2/c1-18(2,3)24-17(23)22-11-6-7-14(10-12-22)20-15-8-9-16(19-13-15)21(4)5/h8-9,13-14,20H,6-7,10-12H2,1-5H3. The van der Waals surface area contributed by atoms with Crippen molar-refractivity contribution >= 4 is 17.6 Å². The van der Waals surface area contributed by atoms with Crippen molar-refractivity contribution < 1.29 is 9.53 Å². The molecule has 0 spiro atoms. The summed E-state index contributed by atoms with van der Waals surface area (Å²) in [6.45, 7) is 7.17. The third-order valence-electron chi connectivity index (χ3n) is 3.96. The van der Waals surface area contributed by atoms with E-state index < -0.39 is 5.60 Å². The number of aromatic nitrogens is 1. The van der Waals surface area contributed by atoms with Gasteiger partial charge < -0.3 is 19.9 Å². The number of carbonyl (C=O) groups excluding carboxylic acids is 1. The first-order chi connectivity index (χ1) is 11.2. The molecule has 1 N–H and O–H groups in total. The van der Waals surface area contributed by atoms with Gasteiger partial charge in [0.1, 0.15) is 11.4 Å². The van der Waals surface area contributed by atoms with Gasteiger partial charge in [-0.15, -0.1) is 0 Å². The Morgan fingerprint density at radius 1 is 1.29 bits per heavy atom. The highest BCUT2D eigenvalue weighted by Crippen LogP contribution is 2.19. The van der Waals surface area contributed by atoms with Gasteiger partial charge in [0, 0.05) is 33.2 Å². The molecule has 1 aromatic heterocycles. The molecular formula is C18H30N4O2. The summed E-state index contributed by atoms with van der Waals surface area (Å²) in [7, 11) is 3.96. The molecule has 1 fully saturated rings. The van der Waals surface area contributed by atoms with E-state index in [-0.39, 0.29) is 6.09 Å². The molecule has 0 aromatic carbocycles. The van der Waals surface area contributed by atoms with E-state index in [2.05, 4.69) is 16.4 Å². The van der Waals surface area contributed by atoms with Gasteiger partial charge in [0.2, 0.25) is 0 Å². The molecule has 134 valence electrons. The van der Waals surface area contributed by atoms with Crippen LogP contribution in [0.2, 0.25) is 0 Å². The van der Waals surface area contributed by atoms with Crippen LogP contribution in [0.25, 0.3) is 0 Å². The summed E-state index contributed by atoms with van der Waals surface area (Å²) in [5.74, 6) is 0.942. The molecule has 0 bridgehead atoms. The fourth-order valence-electron chi connectivity index (χ4n) is 2.72. The summed E-state index contributed by atoms with van der Waals surface area (Å²) in [5, 5.41) is 3.53. The summed E-state index contributed by atoms with van der Waals surface area (Å²) in [5.41, 5.74) is 0.581. The van der Waals surface area contributed by atoms with Crippen LogP contribution in [0.5, 0.6) is 0 Å². The van der Waals surface area contributed by atoms with E-state index in [1.54, 1.807) is 0 Å². The normalized spacial score (nSPS) is 18.7. The van der Waals surface area contributed by atoms with Gasteiger partial charge in [0.15, 0.2) is 0 Å². The molecule has 0 radical (unpaired) electrons. The van der Waals surface area contributed by atoms with Crippen LogP contribution in [0.1, 0.15) is 40.0 Å². The number of likely N-dealkylation sites (tertiary alicyclic amines) is 1. The summed E-state index contributed by atoms with van der Waals surface area (Å²) >= 11 is 0. The molecule has 0 aliphatic carbocycles. The van der Waals surface area contributed by atoms with Gasteiger partial charge >= 0.3 is 6.09 Å². The van der Waals surface area contributed by atoms with Gasteiger partial charge in [-0.25, -0.2) is 9.78 Å². The topological polar surface area (TPSA) is 57.7 Å². The number of hydrogen-bond acceptors (Lipinski definition) is 5. The molecule has 1 amide bonds. The lowest BCUT2D eigenvalue weighted by Crippen LogP contribution is -2.37. The minimum absolute atomic E-state index is 0.208. The van der Waals surface area contributed by atoms with Gasteiger partial charge in [-0.3, -0.25) is 0 Å². The Hall–Kier alpha value is -1.98. The Balaban J connectivity index is 1.87. The number of nitrogens with one attached hydrogen (secondary N) is 1. The molecule has 1 aliphatic rings. The highest BCUT2D eigenvalue weighted by molar-refractivity contribution is 5.68. The van der Waals surface area contributed by atoms with Crippen LogP contribution in [0, 0.1) is 0 Å². The number of carbonyl (C=O) groups is 1. The Morgan fingerprint density at radius 2 is 2.04 bits per heavy atom. The summed E-state index contributed by atoms with van der Waals surface area (Å²) in [4.78, 5) is 20.4. The second-order valence-electron chi connectivity index (χ2n) is 7.54. The van der Waals surface area contributed by atoms with Gasteiger partial charge in [0.05, 0.1) is 11.9 Å². The predicted molar refractivity (Wildman–Crippen MR) is 97.6 cm³/mol. The average Bonchev–Trinajstić information content (AvgIpc) is 2.72. The molecule has 2 rings (SSSR count). The number of anilines is 2. The molecule has 0 saturated carbocycles. The Morgan fingerprint density at radius 3 is 2.62 bits per heavy atom. The van der Waals surface area contributed by atoms with Gasteiger partial charge in [-0.05, 0) is 52.2 Å². The van der Waals surface area contributed by atoms with Crippen LogP contribution in [0.4, 0.5) is 16.3 Å².